The topological polar surface area (TPSA) is 38.8 Å². The smallest absolute Gasteiger partial charge is 0.375 e. The van der Waals surface area contributed by atoms with E-state index < -0.39 is 17.3 Å². The fourth-order valence-electron chi connectivity index (χ4n) is 4.29. The number of amides is 1. The summed E-state index contributed by atoms with van der Waals surface area (Å²) in [6.07, 6.45) is -3.33. The lowest BCUT2D eigenvalue weighted by Gasteiger charge is -2.40. The van der Waals surface area contributed by atoms with Gasteiger partial charge in [-0.1, -0.05) is 30.3 Å². The van der Waals surface area contributed by atoms with Crippen LogP contribution in [0.4, 0.5) is 13.2 Å². The number of hydrogen-bond donors (Lipinski definition) is 0. The number of rotatable bonds is 4. The maximum Gasteiger partial charge on any atom is 0.416 e. The Hall–Kier alpha value is -2.38. The second-order valence-electron chi connectivity index (χ2n) is 7.92. The van der Waals surface area contributed by atoms with Gasteiger partial charge in [-0.2, -0.15) is 13.2 Å². The van der Waals surface area contributed by atoms with Crippen LogP contribution < -0.4 is 0 Å². The Labute approximate surface area is 173 Å². The Morgan fingerprint density at radius 1 is 1.07 bits per heavy atom. The molecule has 0 unspecified atom stereocenters. The second kappa shape index (κ2) is 8.04. The van der Waals surface area contributed by atoms with E-state index in [0.29, 0.717) is 50.3 Å². The van der Waals surface area contributed by atoms with Crippen molar-refractivity contribution in [2.45, 2.75) is 30.5 Å². The highest BCUT2D eigenvalue weighted by atomic mass is 19.4. The average molecular weight is 419 g/mol. The summed E-state index contributed by atoms with van der Waals surface area (Å²) in [4.78, 5) is 14.6. The van der Waals surface area contributed by atoms with Crippen LogP contribution in [0.25, 0.3) is 0 Å². The summed E-state index contributed by atoms with van der Waals surface area (Å²) in [6, 6.07) is 13.1. The first-order valence-electron chi connectivity index (χ1n) is 10.0. The Bertz CT molecular complexity index is 893. The van der Waals surface area contributed by atoms with Crippen LogP contribution in [0.3, 0.4) is 0 Å². The van der Waals surface area contributed by atoms with E-state index in [1.807, 2.05) is 12.1 Å². The van der Waals surface area contributed by atoms with Gasteiger partial charge in [0.15, 0.2) is 0 Å². The van der Waals surface area contributed by atoms with Crippen LogP contribution in [0.15, 0.2) is 48.5 Å². The summed E-state index contributed by atoms with van der Waals surface area (Å²) in [5, 5.41) is 0. The van der Waals surface area contributed by atoms with E-state index in [4.69, 9.17) is 9.47 Å². The van der Waals surface area contributed by atoms with E-state index in [1.54, 1.807) is 36.3 Å². The molecule has 4 rings (SSSR count). The van der Waals surface area contributed by atoms with Gasteiger partial charge >= 0.3 is 6.18 Å². The molecular formula is C23H24F3NO3. The van der Waals surface area contributed by atoms with Crippen molar-refractivity contribution < 1.29 is 27.4 Å². The van der Waals surface area contributed by atoms with Crippen molar-refractivity contribution in [1.82, 2.24) is 4.90 Å². The molecule has 0 aliphatic carbocycles. The highest BCUT2D eigenvalue weighted by Crippen LogP contribution is 2.39. The van der Waals surface area contributed by atoms with Crippen LogP contribution in [0, 0.1) is 0 Å². The molecule has 2 aliphatic heterocycles. The van der Waals surface area contributed by atoms with Crippen molar-refractivity contribution >= 4 is 5.91 Å². The molecule has 2 saturated heterocycles. The zero-order chi connectivity index (χ0) is 21.4. The Morgan fingerprint density at radius 3 is 2.23 bits per heavy atom. The fraction of sp³-hybridized carbons (Fsp3) is 0.435. The number of alkyl halides is 3. The van der Waals surface area contributed by atoms with Gasteiger partial charge in [-0.15, -0.1) is 0 Å². The lowest BCUT2D eigenvalue weighted by Crippen LogP contribution is -2.48. The normalized spacial score (nSPS) is 19.4. The molecule has 2 aromatic rings. The van der Waals surface area contributed by atoms with Crippen molar-refractivity contribution in [3.63, 3.8) is 0 Å². The molecular weight excluding hydrogens is 395 g/mol. The SMILES string of the molecule is COC1(c2ccc(C(=O)N3CCC(c4ccccc4C(F)(F)F)CC3)cc2)COC1. The average Bonchev–Trinajstić information content (AvgIpc) is 2.73. The molecule has 2 aliphatic rings. The second-order valence-corrected chi connectivity index (χ2v) is 7.92. The number of piperidine rings is 1. The van der Waals surface area contributed by atoms with Gasteiger partial charge in [0, 0.05) is 25.8 Å². The fourth-order valence-corrected chi connectivity index (χ4v) is 4.29. The summed E-state index contributed by atoms with van der Waals surface area (Å²) >= 11 is 0. The lowest BCUT2D eigenvalue weighted by molar-refractivity contribution is -0.202. The predicted octanol–water partition coefficient (Wildman–Crippen LogP) is 4.60. The van der Waals surface area contributed by atoms with Gasteiger partial charge in [0.2, 0.25) is 0 Å². The molecule has 0 N–H and O–H groups in total. The molecule has 0 spiro atoms. The van der Waals surface area contributed by atoms with E-state index >= 15 is 0 Å². The minimum atomic E-state index is -4.36. The van der Waals surface area contributed by atoms with Crippen LogP contribution in [0.5, 0.6) is 0 Å². The zero-order valence-corrected chi connectivity index (χ0v) is 16.7. The minimum Gasteiger partial charge on any atom is -0.375 e. The van der Waals surface area contributed by atoms with Crippen LogP contribution >= 0.6 is 0 Å². The Kier molecular flexibility index (Phi) is 5.59. The Balaban J connectivity index is 1.42. The van der Waals surface area contributed by atoms with Crippen molar-refractivity contribution in [3.05, 3.63) is 70.8 Å². The van der Waals surface area contributed by atoms with Crippen molar-refractivity contribution in [3.8, 4) is 0 Å². The molecule has 30 heavy (non-hydrogen) atoms. The van der Waals surface area contributed by atoms with E-state index in [9.17, 15) is 18.0 Å². The van der Waals surface area contributed by atoms with Gasteiger partial charge in [0.25, 0.3) is 5.91 Å². The minimum absolute atomic E-state index is 0.0968. The molecule has 160 valence electrons. The molecule has 0 saturated carbocycles. The summed E-state index contributed by atoms with van der Waals surface area (Å²) in [7, 11) is 1.64. The van der Waals surface area contributed by atoms with E-state index in [0.717, 1.165) is 11.6 Å². The zero-order valence-electron chi connectivity index (χ0n) is 16.7. The van der Waals surface area contributed by atoms with Gasteiger partial charge < -0.3 is 14.4 Å². The molecule has 2 fully saturated rings. The third kappa shape index (κ3) is 3.84. The van der Waals surface area contributed by atoms with Crippen LogP contribution in [-0.2, 0) is 21.3 Å². The maximum atomic E-state index is 13.3. The highest BCUT2D eigenvalue weighted by molar-refractivity contribution is 5.94. The number of halogens is 3. The first-order chi connectivity index (χ1) is 14.3. The van der Waals surface area contributed by atoms with Gasteiger partial charge in [-0.3, -0.25) is 4.79 Å². The van der Waals surface area contributed by atoms with Gasteiger partial charge in [-0.25, -0.2) is 0 Å². The van der Waals surface area contributed by atoms with Gasteiger partial charge in [0.1, 0.15) is 5.60 Å². The van der Waals surface area contributed by atoms with Crippen LogP contribution in [-0.4, -0.2) is 44.2 Å². The summed E-state index contributed by atoms with van der Waals surface area (Å²) in [6.45, 7) is 1.86. The number of nitrogens with zero attached hydrogens (tertiary/aromatic N) is 1. The molecule has 0 atom stereocenters. The first-order valence-corrected chi connectivity index (χ1v) is 10.0. The van der Waals surface area contributed by atoms with E-state index in [-0.39, 0.29) is 11.8 Å². The van der Waals surface area contributed by atoms with Crippen LogP contribution in [0.2, 0.25) is 0 Å². The predicted molar refractivity (Wildman–Crippen MR) is 105 cm³/mol. The quantitative estimate of drug-likeness (QED) is 0.727. The van der Waals surface area contributed by atoms with E-state index in [1.165, 1.54) is 6.07 Å². The molecule has 0 bridgehead atoms. The molecule has 0 radical (unpaired) electrons. The number of likely N-dealkylation sites (tertiary alicyclic amines) is 1. The molecule has 2 heterocycles. The molecule has 4 nitrogen and oxygen atoms in total. The molecule has 2 aromatic carbocycles. The van der Waals surface area contributed by atoms with Gasteiger partial charge in [0.05, 0.1) is 18.8 Å². The van der Waals surface area contributed by atoms with E-state index in [2.05, 4.69) is 0 Å². The monoisotopic (exact) mass is 419 g/mol. The largest absolute Gasteiger partial charge is 0.416 e. The number of carbonyl (C=O) groups is 1. The Morgan fingerprint density at radius 2 is 1.70 bits per heavy atom. The highest BCUT2D eigenvalue weighted by Gasteiger charge is 2.40. The standard InChI is InChI=1S/C23H24F3NO3/c1-29-22(14-30-15-22)18-8-6-17(7-9-18)21(28)27-12-10-16(11-13-27)19-4-2-3-5-20(19)23(24,25)26/h2-9,16H,10-15H2,1H3. The number of hydrogen-bond acceptors (Lipinski definition) is 3. The maximum absolute atomic E-state index is 13.3. The van der Waals surface area contributed by atoms with Gasteiger partial charge in [-0.05, 0) is 48.1 Å². The molecule has 7 heteroatoms. The summed E-state index contributed by atoms with van der Waals surface area (Å²) in [5.74, 6) is -0.296. The van der Waals surface area contributed by atoms with Crippen molar-refractivity contribution in [1.29, 1.82) is 0 Å². The number of benzene rings is 2. The van der Waals surface area contributed by atoms with Crippen molar-refractivity contribution in [2.24, 2.45) is 0 Å². The summed E-state index contributed by atoms with van der Waals surface area (Å²) < 4.78 is 50.8. The third-order valence-electron chi connectivity index (χ3n) is 6.21. The van der Waals surface area contributed by atoms with Crippen LogP contribution in [0.1, 0.15) is 45.8 Å². The first kappa shape index (κ1) is 20.9. The third-order valence-corrected chi connectivity index (χ3v) is 6.21. The molecule has 0 aromatic heterocycles. The number of methoxy groups -OCH3 is 1. The molecule has 1 amide bonds. The number of ether oxygens (including phenoxy) is 2. The summed E-state index contributed by atoms with van der Waals surface area (Å²) in [5.41, 5.74) is 0.854. The van der Waals surface area contributed by atoms with Crippen molar-refractivity contribution in [2.75, 3.05) is 33.4 Å². The number of carbonyl (C=O) groups excluding carboxylic acids is 1. The lowest BCUT2D eigenvalue weighted by atomic mass is 9.86.